The van der Waals surface area contributed by atoms with E-state index in [0.29, 0.717) is 6.54 Å². The van der Waals surface area contributed by atoms with Crippen LogP contribution in [-0.4, -0.2) is 99.5 Å². The Balaban J connectivity index is 0. The molecule has 0 aromatic rings. The molecule has 0 aliphatic carbocycles. The molecule has 0 radical (unpaired) electrons. The van der Waals surface area contributed by atoms with Gasteiger partial charge in [0, 0.05) is 67.8 Å². The number of nitrogens with two attached hydrogens (primary N) is 2. The Labute approximate surface area is 180 Å². The van der Waals surface area contributed by atoms with E-state index >= 15 is 0 Å². The molecule has 0 saturated heterocycles. The third-order valence-corrected chi connectivity index (χ3v) is 10.1. The van der Waals surface area contributed by atoms with E-state index in [-0.39, 0.29) is 0 Å². The lowest BCUT2D eigenvalue weighted by atomic mass is 10.4. The van der Waals surface area contributed by atoms with Crippen molar-refractivity contribution >= 4 is 17.6 Å². The number of rotatable bonds is 19. The van der Waals surface area contributed by atoms with Crippen molar-refractivity contribution in [2.24, 2.45) is 11.5 Å². The van der Waals surface area contributed by atoms with Crippen molar-refractivity contribution in [1.82, 2.24) is 10.6 Å². The van der Waals surface area contributed by atoms with Crippen molar-refractivity contribution in [2.75, 3.05) is 81.9 Å². The van der Waals surface area contributed by atoms with Crippen LogP contribution < -0.4 is 22.1 Å². The minimum atomic E-state index is -2.35. The summed E-state index contributed by atoms with van der Waals surface area (Å²) in [6.07, 6.45) is 2.98. The molecule has 178 valence electrons. The van der Waals surface area contributed by atoms with Gasteiger partial charge in [0.15, 0.2) is 0 Å². The Morgan fingerprint density at radius 2 is 0.862 bits per heavy atom. The molecule has 0 atom stereocenters. The predicted octanol–water partition coefficient (Wildman–Crippen LogP) is -0.00410. The third kappa shape index (κ3) is 15.5. The van der Waals surface area contributed by atoms with Crippen LogP contribution in [0.4, 0.5) is 0 Å². The summed E-state index contributed by atoms with van der Waals surface area (Å²) in [5.74, 6) is 0. The molecule has 0 heterocycles. The first-order valence-electron chi connectivity index (χ1n) is 10.1. The summed E-state index contributed by atoms with van der Waals surface area (Å²) in [6, 6.07) is 1.67. The molecular formula is C17H46N4O6Si2. The van der Waals surface area contributed by atoms with Gasteiger partial charge in [-0.2, -0.15) is 0 Å². The van der Waals surface area contributed by atoms with Crippen LogP contribution in [0.1, 0.15) is 19.3 Å². The zero-order valence-corrected chi connectivity index (χ0v) is 21.4. The summed E-state index contributed by atoms with van der Waals surface area (Å²) >= 11 is 0. The van der Waals surface area contributed by atoms with Gasteiger partial charge in [-0.3, -0.25) is 0 Å². The van der Waals surface area contributed by atoms with Crippen LogP contribution in [0.15, 0.2) is 0 Å². The monoisotopic (exact) mass is 458 g/mol. The van der Waals surface area contributed by atoms with Crippen LogP contribution in [0.5, 0.6) is 0 Å². The maximum Gasteiger partial charge on any atom is 0.500 e. The lowest BCUT2D eigenvalue weighted by Crippen LogP contribution is -2.43. The Kier molecular flexibility index (Phi) is 22.9. The lowest BCUT2D eigenvalue weighted by molar-refractivity contribution is 0.122. The summed E-state index contributed by atoms with van der Waals surface area (Å²) in [5, 5.41) is 6.52. The highest BCUT2D eigenvalue weighted by Crippen LogP contribution is 2.14. The molecule has 0 aliphatic heterocycles. The molecule has 0 spiro atoms. The van der Waals surface area contributed by atoms with Crippen molar-refractivity contribution in [3.8, 4) is 0 Å². The Morgan fingerprint density at radius 1 is 0.517 bits per heavy atom. The van der Waals surface area contributed by atoms with Gasteiger partial charge in [-0.15, -0.1) is 0 Å². The number of hydrogen-bond donors (Lipinski definition) is 4. The van der Waals surface area contributed by atoms with Crippen molar-refractivity contribution in [3.05, 3.63) is 0 Å². The highest BCUT2D eigenvalue weighted by atomic mass is 28.4. The second-order valence-corrected chi connectivity index (χ2v) is 12.4. The molecule has 0 aliphatic rings. The zero-order chi connectivity index (χ0) is 22.4. The van der Waals surface area contributed by atoms with Crippen LogP contribution in [-0.2, 0) is 26.6 Å². The van der Waals surface area contributed by atoms with Crippen molar-refractivity contribution in [1.29, 1.82) is 0 Å². The molecule has 0 bridgehead atoms. The summed E-state index contributed by atoms with van der Waals surface area (Å²) in [4.78, 5) is 0. The van der Waals surface area contributed by atoms with Crippen LogP contribution in [0, 0.1) is 0 Å². The molecule has 0 saturated carbocycles. The van der Waals surface area contributed by atoms with E-state index in [9.17, 15) is 0 Å². The molecule has 29 heavy (non-hydrogen) atoms. The fourth-order valence-corrected chi connectivity index (χ4v) is 6.00. The summed E-state index contributed by atoms with van der Waals surface area (Å²) in [5.41, 5.74) is 10.7. The van der Waals surface area contributed by atoms with Gasteiger partial charge in [0.25, 0.3) is 0 Å². The average molecular weight is 459 g/mol. The highest BCUT2D eigenvalue weighted by Gasteiger charge is 2.37. The van der Waals surface area contributed by atoms with Gasteiger partial charge in [-0.25, -0.2) is 0 Å². The van der Waals surface area contributed by atoms with Crippen molar-refractivity contribution in [3.63, 3.8) is 0 Å². The summed E-state index contributed by atoms with van der Waals surface area (Å²) in [7, 11) is 5.11. The number of hydrogen-bond acceptors (Lipinski definition) is 10. The molecule has 0 aromatic carbocycles. The Hall–Kier alpha value is 0.0338. The second-order valence-electron chi connectivity index (χ2n) is 6.23. The second kappa shape index (κ2) is 21.3. The molecular weight excluding hydrogens is 412 g/mol. The fourth-order valence-electron chi connectivity index (χ4n) is 2.55. The predicted molar refractivity (Wildman–Crippen MR) is 121 cm³/mol. The van der Waals surface area contributed by atoms with E-state index < -0.39 is 17.6 Å². The van der Waals surface area contributed by atoms with Gasteiger partial charge < -0.3 is 48.7 Å². The van der Waals surface area contributed by atoms with E-state index in [2.05, 4.69) is 10.6 Å². The average Bonchev–Trinajstić information content (AvgIpc) is 2.77. The normalized spacial score (nSPS) is 12.0. The minimum Gasteiger partial charge on any atom is -0.377 e. The highest BCUT2D eigenvalue weighted by molar-refractivity contribution is 6.60. The molecule has 0 amide bonds. The lowest BCUT2D eigenvalue weighted by Gasteiger charge is -2.24. The van der Waals surface area contributed by atoms with E-state index in [1.807, 2.05) is 0 Å². The third-order valence-electron chi connectivity index (χ3n) is 4.42. The SMILES string of the molecule is CO[Si](CCCNCCCN)(OC)OC.CO[Si](CCCNCCN)(OC)OC. The van der Waals surface area contributed by atoms with Crippen molar-refractivity contribution < 1.29 is 26.6 Å². The van der Waals surface area contributed by atoms with Crippen molar-refractivity contribution in [2.45, 2.75) is 31.4 Å². The van der Waals surface area contributed by atoms with Gasteiger partial charge >= 0.3 is 17.6 Å². The van der Waals surface area contributed by atoms with Gasteiger partial charge in [0.2, 0.25) is 0 Å². The van der Waals surface area contributed by atoms with Gasteiger partial charge in [0.1, 0.15) is 0 Å². The fraction of sp³-hybridized carbons (Fsp3) is 1.00. The quantitative estimate of drug-likeness (QED) is 0.155. The minimum absolute atomic E-state index is 0.668. The molecule has 0 aromatic heterocycles. The maximum atomic E-state index is 5.38. The smallest absolute Gasteiger partial charge is 0.377 e. The first-order chi connectivity index (χ1) is 14.0. The van der Waals surface area contributed by atoms with Crippen LogP contribution in [0.3, 0.4) is 0 Å². The van der Waals surface area contributed by atoms with E-state index in [1.165, 1.54) is 0 Å². The topological polar surface area (TPSA) is 131 Å². The largest absolute Gasteiger partial charge is 0.500 e. The van der Waals surface area contributed by atoms with Crippen LogP contribution in [0.25, 0.3) is 0 Å². The van der Waals surface area contributed by atoms with Gasteiger partial charge in [-0.1, -0.05) is 0 Å². The van der Waals surface area contributed by atoms with E-state index in [0.717, 1.165) is 64.1 Å². The first-order valence-corrected chi connectivity index (χ1v) is 14.0. The Morgan fingerprint density at radius 3 is 1.17 bits per heavy atom. The molecule has 0 unspecified atom stereocenters. The first kappa shape index (κ1) is 31.2. The van der Waals surface area contributed by atoms with E-state index in [1.54, 1.807) is 42.7 Å². The Bertz CT molecular complexity index is 325. The molecule has 0 fully saturated rings. The zero-order valence-electron chi connectivity index (χ0n) is 19.4. The standard InChI is InChI=1S/C9H24N2O3Si.C8H22N2O3Si/c1-12-15(13-2,14-3)9-5-8-11-7-4-6-10;1-11-14(12-2,13-3)8-4-6-10-7-5-9/h11H,4-10H2,1-3H3;10H,4-9H2,1-3H3. The van der Waals surface area contributed by atoms with Crippen LogP contribution >= 0.6 is 0 Å². The molecule has 6 N–H and O–H groups in total. The van der Waals surface area contributed by atoms with Crippen LogP contribution in [0.2, 0.25) is 12.1 Å². The summed E-state index contributed by atoms with van der Waals surface area (Å²) in [6.45, 7) is 5.09. The summed E-state index contributed by atoms with van der Waals surface area (Å²) < 4.78 is 31.8. The van der Waals surface area contributed by atoms with Gasteiger partial charge in [0.05, 0.1) is 0 Å². The van der Waals surface area contributed by atoms with Gasteiger partial charge in [-0.05, 0) is 45.4 Å². The molecule has 0 rings (SSSR count). The number of nitrogens with one attached hydrogen (secondary N) is 2. The molecule has 10 nitrogen and oxygen atoms in total. The molecule has 12 heteroatoms. The van der Waals surface area contributed by atoms with E-state index in [4.69, 9.17) is 38.0 Å². The maximum absolute atomic E-state index is 5.38.